The second-order valence-corrected chi connectivity index (χ2v) is 15.3. The Bertz CT molecular complexity index is 2070. The van der Waals surface area contributed by atoms with E-state index < -0.39 is 24.4 Å². The Morgan fingerprint density at radius 3 is 1.17 bits per heavy atom. The van der Waals surface area contributed by atoms with Gasteiger partial charge in [0, 0.05) is 0 Å². The Kier molecular flexibility index (Phi) is 15.7. The van der Waals surface area contributed by atoms with Crippen LogP contribution >= 0.6 is 0 Å². The van der Waals surface area contributed by atoms with Crippen LogP contribution in [0.2, 0.25) is 0 Å². The molecule has 0 amide bonds. The lowest BCUT2D eigenvalue weighted by atomic mass is 10.0. The maximum absolute atomic E-state index is 7.15. The van der Waals surface area contributed by atoms with Gasteiger partial charge in [0.1, 0.15) is 36.4 Å². The van der Waals surface area contributed by atoms with E-state index >= 15 is 0 Å². The summed E-state index contributed by atoms with van der Waals surface area (Å²) in [7, 11) is 0. The molecule has 0 saturated carbocycles. The van der Waals surface area contributed by atoms with E-state index in [1.807, 2.05) is 72.8 Å². The number of aryl methyl sites for hydroxylation is 6. The van der Waals surface area contributed by atoms with E-state index in [-0.39, 0.29) is 13.2 Å². The van der Waals surface area contributed by atoms with Crippen molar-refractivity contribution >= 4 is 0 Å². The minimum Gasteiger partial charge on any atom is -0.490 e. The van der Waals surface area contributed by atoms with Crippen molar-refractivity contribution in [3.63, 3.8) is 0 Å². The van der Waals surface area contributed by atoms with Crippen LogP contribution in [0.3, 0.4) is 0 Å². The zero-order chi connectivity index (χ0) is 40.7. The normalized spacial score (nSPS) is 13.4. The van der Waals surface area contributed by atoms with Crippen molar-refractivity contribution < 1.29 is 28.4 Å². The Balaban J connectivity index is 1.44. The SMILES string of the molecule is Cc1cc(C)c(OC[C@H](OCc2ccccc2)[C@@H](OCc2ccccc2)[C@H](OCc2ccccc2)[C@@H](COCc2ccccc2)Oc2c(C)cc(C)cc2C)c(C)c1. The van der Waals surface area contributed by atoms with E-state index in [1.165, 1.54) is 11.1 Å². The first kappa shape index (κ1) is 42.4. The van der Waals surface area contributed by atoms with Crippen LogP contribution < -0.4 is 9.47 Å². The van der Waals surface area contributed by atoms with Gasteiger partial charge in [0.15, 0.2) is 6.10 Å². The Morgan fingerprint density at radius 1 is 0.379 bits per heavy atom. The highest BCUT2D eigenvalue weighted by Crippen LogP contribution is 2.31. The van der Waals surface area contributed by atoms with Crippen LogP contribution in [0.5, 0.6) is 11.5 Å². The summed E-state index contributed by atoms with van der Waals surface area (Å²) in [4.78, 5) is 0. The molecule has 6 aromatic carbocycles. The molecule has 58 heavy (non-hydrogen) atoms. The molecule has 0 radical (unpaired) electrons. The van der Waals surface area contributed by atoms with Gasteiger partial charge in [-0.1, -0.05) is 157 Å². The van der Waals surface area contributed by atoms with Gasteiger partial charge in [-0.2, -0.15) is 0 Å². The van der Waals surface area contributed by atoms with E-state index in [0.717, 1.165) is 56.0 Å². The topological polar surface area (TPSA) is 55.4 Å². The maximum atomic E-state index is 7.15. The van der Waals surface area contributed by atoms with Crippen molar-refractivity contribution in [3.05, 3.63) is 201 Å². The van der Waals surface area contributed by atoms with Crippen molar-refractivity contribution in [3.8, 4) is 11.5 Å². The standard InChI is InChI=1S/C52H58O6/c1-37-27-39(3)49(40(4)28-37)57-36-47(54-32-44-21-13-8-14-22-44)51(55-33-45-23-15-9-16-24-45)52(56-34-46-25-17-10-18-26-46)48(35-53-31-43-19-11-7-12-20-43)58-50-41(5)29-38(2)30-42(50)6/h7-30,47-48,51-52H,31-36H2,1-6H3/t47-,48+,51+,52+/m0/s1. The van der Waals surface area contributed by atoms with Gasteiger partial charge in [-0.05, 0) is 86.1 Å². The second kappa shape index (κ2) is 21.5. The summed E-state index contributed by atoms with van der Waals surface area (Å²) in [6.45, 7) is 14.4. The first-order valence-electron chi connectivity index (χ1n) is 20.3. The molecule has 6 nitrogen and oxygen atoms in total. The highest BCUT2D eigenvalue weighted by atomic mass is 16.6. The Hall–Kier alpha value is -5.24. The van der Waals surface area contributed by atoms with Crippen LogP contribution in [0.25, 0.3) is 0 Å². The van der Waals surface area contributed by atoms with Crippen LogP contribution in [0, 0.1) is 41.5 Å². The lowest BCUT2D eigenvalue weighted by Gasteiger charge is -2.38. The predicted molar refractivity (Wildman–Crippen MR) is 232 cm³/mol. The molecule has 6 rings (SSSR count). The van der Waals surface area contributed by atoms with Crippen molar-refractivity contribution in [2.45, 2.75) is 92.4 Å². The average molecular weight is 779 g/mol. The van der Waals surface area contributed by atoms with Crippen LogP contribution in [-0.2, 0) is 45.4 Å². The number of ether oxygens (including phenoxy) is 6. The first-order valence-corrected chi connectivity index (χ1v) is 20.3. The molecule has 0 aromatic heterocycles. The van der Waals surface area contributed by atoms with Gasteiger partial charge >= 0.3 is 0 Å². The summed E-state index contributed by atoms with van der Waals surface area (Å²) >= 11 is 0. The van der Waals surface area contributed by atoms with E-state index in [2.05, 4.69) is 114 Å². The van der Waals surface area contributed by atoms with Crippen molar-refractivity contribution in [1.29, 1.82) is 0 Å². The third-order valence-corrected chi connectivity index (χ3v) is 10.2. The fraction of sp³-hybridized carbons (Fsp3) is 0.308. The van der Waals surface area contributed by atoms with Crippen LogP contribution in [0.4, 0.5) is 0 Å². The molecule has 0 unspecified atom stereocenters. The zero-order valence-electron chi connectivity index (χ0n) is 34.9. The molecular weight excluding hydrogens is 721 g/mol. The molecule has 0 fully saturated rings. The largest absolute Gasteiger partial charge is 0.490 e. The number of benzene rings is 6. The molecular formula is C52H58O6. The summed E-state index contributed by atoms with van der Waals surface area (Å²) in [5.74, 6) is 1.64. The van der Waals surface area contributed by atoms with E-state index in [4.69, 9.17) is 28.4 Å². The van der Waals surface area contributed by atoms with Gasteiger partial charge in [-0.3, -0.25) is 0 Å². The monoisotopic (exact) mass is 778 g/mol. The number of hydrogen-bond donors (Lipinski definition) is 0. The van der Waals surface area contributed by atoms with Gasteiger partial charge in [-0.15, -0.1) is 0 Å². The predicted octanol–water partition coefficient (Wildman–Crippen LogP) is 11.3. The van der Waals surface area contributed by atoms with Crippen molar-refractivity contribution in [2.75, 3.05) is 13.2 Å². The van der Waals surface area contributed by atoms with E-state index in [0.29, 0.717) is 26.4 Å². The van der Waals surface area contributed by atoms with Gasteiger partial charge in [0.25, 0.3) is 0 Å². The van der Waals surface area contributed by atoms with Crippen LogP contribution in [0.1, 0.15) is 55.6 Å². The molecule has 302 valence electrons. The van der Waals surface area contributed by atoms with Crippen LogP contribution in [-0.4, -0.2) is 37.6 Å². The molecule has 0 aliphatic rings. The summed E-state index contributed by atoms with van der Waals surface area (Å²) in [5, 5.41) is 0. The summed E-state index contributed by atoms with van der Waals surface area (Å²) < 4.78 is 41.6. The number of rotatable bonds is 21. The zero-order valence-corrected chi connectivity index (χ0v) is 34.9. The van der Waals surface area contributed by atoms with Crippen molar-refractivity contribution in [1.82, 2.24) is 0 Å². The summed E-state index contributed by atoms with van der Waals surface area (Å²) in [5.41, 5.74) is 10.8. The second-order valence-electron chi connectivity index (χ2n) is 15.3. The highest BCUT2D eigenvalue weighted by molar-refractivity contribution is 5.44. The molecule has 0 aliphatic heterocycles. The minimum atomic E-state index is -0.677. The molecule has 0 bridgehead atoms. The number of hydrogen-bond acceptors (Lipinski definition) is 6. The third kappa shape index (κ3) is 12.4. The first-order chi connectivity index (χ1) is 28.2. The smallest absolute Gasteiger partial charge is 0.151 e. The maximum Gasteiger partial charge on any atom is 0.151 e. The lowest BCUT2D eigenvalue weighted by molar-refractivity contribution is -0.188. The molecule has 6 aromatic rings. The molecule has 0 saturated heterocycles. The lowest BCUT2D eigenvalue weighted by Crippen LogP contribution is -2.53. The Labute approximate surface area is 345 Å². The molecule has 4 atom stereocenters. The van der Waals surface area contributed by atoms with Gasteiger partial charge in [-0.25, -0.2) is 0 Å². The van der Waals surface area contributed by atoms with E-state index in [1.54, 1.807) is 0 Å². The fourth-order valence-corrected chi connectivity index (χ4v) is 7.50. The quantitative estimate of drug-likeness (QED) is 0.0725. The minimum absolute atomic E-state index is 0.211. The third-order valence-electron chi connectivity index (χ3n) is 10.2. The highest BCUT2D eigenvalue weighted by Gasteiger charge is 2.40. The Morgan fingerprint density at radius 2 is 0.741 bits per heavy atom. The van der Waals surface area contributed by atoms with Gasteiger partial charge in [0.2, 0.25) is 0 Å². The average Bonchev–Trinajstić information content (AvgIpc) is 3.22. The van der Waals surface area contributed by atoms with E-state index in [9.17, 15) is 0 Å². The molecule has 6 heteroatoms. The van der Waals surface area contributed by atoms with Crippen molar-refractivity contribution in [2.24, 2.45) is 0 Å². The van der Waals surface area contributed by atoms with Gasteiger partial charge < -0.3 is 28.4 Å². The fourth-order valence-electron chi connectivity index (χ4n) is 7.50. The van der Waals surface area contributed by atoms with Crippen LogP contribution in [0.15, 0.2) is 146 Å². The molecule has 0 spiro atoms. The van der Waals surface area contributed by atoms with Gasteiger partial charge in [0.05, 0.1) is 33.0 Å². The molecule has 0 aliphatic carbocycles. The summed E-state index contributed by atoms with van der Waals surface area (Å²) in [6, 6.07) is 49.4. The molecule has 0 N–H and O–H groups in total. The summed E-state index contributed by atoms with van der Waals surface area (Å²) in [6.07, 6.45) is -2.55. The molecule has 0 heterocycles.